The number of likely N-dealkylation sites (N-methyl/N-ethyl adjacent to an activating group) is 1. The number of hydrogen-bond donors (Lipinski definition) is 1. The molecule has 0 radical (unpaired) electrons. The van der Waals surface area contributed by atoms with Gasteiger partial charge >= 0.3 is 0 Å². The van der Waals surface area contributed by atoms with Gasteiger partial charge in [0, 0.05) is 13.6 Å². The molecule has 0 aromatic heterocycles. The topological polar surface area (TPSA) is 55.6 Å². The standard InChI is InChI=1S/C16H24N2O2S/c1-4-10-20-14-7-5-13(6-8-14)12-18(2)16(19)15(17)9-11-21-3/h4-8,15H,1,9-12,17H2,2-3H3/t15-/m0/s1. The molecule has 1 atom stereocenters. The van der Waals surface area contributed by atoms with Crippen LogP contribution in [0.15, 0.2) is 36.9 Å². The Labute approximate surface area is 131 Å². The van der Waals surface area contributed by atoms with E-state index in [0.717, 1.165) is 17.1 Å². The van der Waals surface area contributed by atoms with Gasteiger partial charge in [-0.1, -0.05) is 24.8 Å². The molecule has 0 saturated heterocycles. The lowest BCUT2D eigenvalue weighted by Gasteiger charge is -2.21. The van der Waals surface area contributed by atoms with Crippen molar-refractivity contribution < 1.29 is 9.53 Å². The van der Waals surface area contributed by atoms with E-state index in [9.17, 15) is 4.79 Å². The summed E-state index contributed by atoms with van der Waals surface area (Å²) in [4.78, 5) is 13.8. The Kier molecular flexibility index (Phi) is 7.93. The maximum Gasteiger partial charge on any atom is 0.239 e. The number of ether oxygens (including phenoxy) is 1. The van der Waals surface area contributed by atoms with Crippen molar-refractivity contribution in [2.45, 2.75) is 19.0 Å². The summed E-state index contributed by atoms with van der Waals surface area (Å²) < 4.78 is 5.42. The van der Waals surface area contributed by atoms with Gasteiger partial charge in [-0.05, 0) is 36.1 Å². The van der Waals surface area contributed by atoms with Gasteiger partial charge in [0.2, 0.25) is 5.91 Å². The summed E-state index contributed by atoms with van der Waals surface area (Å²) in [6.45, 7) is 4.64. The molecule has 0 heterocycles. The van der Waals surface area contributed by atoms with Crippen LogP contribution < -0.4 is 10.5 Å². The van der Waals surface area contributed by atoms with Gasteiger partial charge in [0.15, 0.2) is 0 Å². The molecule has 2 N–H and O–H groups in total. The third-order valence-electron chi connectivity index (χ3n) is 3.04. The fourth-order valence-electron chi connectivity index (χ4n) is 1.85. The van der Waals surface area contributed by atoms with Crippen molar-refractivity contribution in [1.82, 2.24) is 4.90 Å². The first kappa shape index (κ1) is 17.6. The minimum atomic E-state index is -0.419. The van der Waals surface area contributed by atoms with Crippen LogP contribution in [0, 0.1) is 0 Å². The van der Waals surface area contributed by atoms with E-state index in [2.05, 4.69) is 6.58 Å². The summed E-state index contributed by atoms with van der Waals surface area (Å²) in [5, 5.41) is 0. The predicted octanol–water partition coefficient (Wildman–Crippen LogP) is 2.29. The average molecular weight is 308 g/mol. The van der Waals surface area contributed by atoms with Gasteiger partial charge in [0.1, 0.15) is 12.4 Å². The summed E-state index contributed by atoms with van der Waals surface area (Å²) in [6, 6.07) is 7.28. The molecule has 0 aliphatic heterocycles. The molecule has 0 bridgehead atoms. The van der Waals surface area contributed by atoms with Crippen LogP contribution >= 0.6 is 11.8 Å². The number of thioether (sulfide) groups is 1. The molecule has 0 aliphatic carbocycles. The molecule has 0 saturated carbocycles. The van der Waals surface area contributed by atoms with Gasteiger partial charge in [-0.2, -0.15) is 11.8 Å². The monoisotopic (exact) mass is 308 g/mol. The molecular weight excluding hydrogens is 284 g/mol. The number of benzene rings is 1. The SMILES string of the molecule is C=CCOc1ccc(CN(C)C(=O)[C@@H](N)CCSC)cc1. The number of rotatable bonds is 9. The number of carbonyl (C=O) groups is 1. The van der Waals surface area contributed by atoms with E-state index in [1.54, 1.807) is 29.8 Å². The summed E-state index contributed by atoms with van der Waals surface area (Å²) in [7, 11) is 1.78. The van der Waals surface area contributed by atoms with E-state index in [0.29, 0.717) is 19.6 Å². The second-order valence-corrected chi connectivity index (χ2v) is 5.81. The first-order valence-electron chi connectivity index (χ1n) is 6.90. The largest absolute Gasteiger partial charge is 0.490 e. The molecule has 116 valence electrons. The van der Waals surface area contributed by atoms with Crippen molar-refractivity contribution in [3.8, 4) is 5.75 Å². The highest BCUT2D eigenvalue weighted by Crippen LogP contribution is 2.14. The molecule has 1 aromatic rings. The first-order valence-corrected chi connectivity index (χ1v) is 8.30. The highest BCUT2D eigenvalue weighted by atomic mass is 32.2. The lowest BCUT2D eigenvalue weighted by molar-refractivity contribution is -0.131. The van der Waals surface area contributed by atoms with Crippen molar-refractivity contribution in [3.05, 3.63) is 42.5 Å². The Morgan fingerprint density at radius 1 is 1.48 bits per heavy atom. The highest BCUT2D eigenvalue weighted by Gasteiger charge is 2.17. The van der Waals surface area contributed by atoms with Crippen LogP contribution in [0.5, 0.6) is 5.75 Å². The Hall–Kier alpha value is -1.46. The third-order valence-corrected chi connectivity index (χ3v) is 3.68. The van der Waals surface area contributed by atoms with Gasteiger partial charge in [-0.25, -0.2) is 0 Å². The molecule has 1 rings (SSSR count). The molecular formula is C16H24N2O2S. The minimum absolute atomic E-state index is 0.0176. The second-order valence-electron chi connectivity index (χ2n) is 4.83. The van der Waals surface area contributed by atoms with E-state index < -0.39 is 6.04 Å². The van der Waals surface area contributed by atoms with Crippen LogP contribution in [0.3, 0.4) is 0 Å². The zero-order chi connectivity index (χ0) is 15.7. The zero-order valence-corrected chi connectivity index (χ0v) is 13.6. The average Bonchev–Trinajstić information content (AvgIpc) is 2.51. The molecule has 0 aliphatic rings. The van der Waals surface area contributed by atoms with Crippen LogP contribution in [0.4, 0.5) is 0 Å². The lowest BCUT2D eigenvalue weighted by Crippen LogP contribution is -2.41. The van der Waals surface area contributed by atoms with Crippen LogP contribution in [0.25, 0.3) is 0 Å². The van der Waals surface area contributed by atoms with Crippen molar-refractivity contribution in [2.75, 3.05) is 25.7 Å². The lowest BCUT2D eigenvalue weighted by atomic mass is 10.1. The van der Waals surface area contributed by atoms with Crippen molar-refractivity contribution in [1.29, 1.82) is 0 Å². The van der Waals surface area contributed by atoms with E-state index in [1.807, 2.05) is 30.5 Å². The summed E-state index contributed by atoms with van der Waals surface area (Å²) >= 11 is 1.70. The Morgan fingerprint density at radius 3 is 2.71 bits per heavy atom. The van der Waals surface area contributed by atoms with Gasteiger partial charge in [-0.15, -0.1) is 0 Å². The Morgan fingerprint density at radius 2 is 2.14 bits per heavy atom. The molecule has 21 heavy (non-hydrogen) atoms. The highest BCUT2D eigenvalue weighted by molar-refractivity contribution is 7.98. The minimum Gasteiger partial charge on any atom is -0.490 e. The van der Waals surface area contributed by atoms with E-state index in [1.165, 1.54) is 0 Å². The smallest absolute Gasteiger partial charge is 0.239 e. The van der Waals surface area contributed by atoms with Crippen molar-refractivity contribution in [3.63, 3.8) is 0 Å². The molecule has 4 nitrogen and oxygen atoms in total. The van der Waals surface area contributed by atoms with Crippen molar-refractivity contribution >= 4 is 17.7 Å². The first-order chi connectivity index (χ1) is 10.1. The summed E-state index contributed by atoms with van der Waals surface area (Å²) in [5.41, 5.74) is 6.95. The van der Waals surface area contributed by atoms with E-state index in [-0.39, 0.29) is 5.91 Å². The number of nitrogens with two attached hydrogens (primary N) is 1. The van der Waals surface area contributed by atoms with Crippen LogP contribution in [0.1, 0.15) is 12.0 Å². The zero-order valence-electron chi connectivity index (χ0n) is 12.7. The van der Waals surface area contributed by atoms with Gasteiger partial charge in [0.05, 0.1) is 6.04 Å². The fourth-order valence-corrected chi connectivity index (χ4v) is 2.34. The van der Waals surface area contributed by atoms with E-state index in [4.69, 9.17) is 10.5 Å². The van der Waals surface area contributed by atoms with Gasteiger partial charge < -0.3 is 15.4 Å². The number of carbonyl (C=O) groups excluding carboxylic acids is 1. The third kappa shape index (κ3) is 6.23. The number of amides is 1. The maximum atomic E-state index is 12.1. The molecule has 1 aromatic carbocycles. The molecule has 0 fully saturated rings. The van der Waals surface area contributed by atoms with Crippen LogP contribution in [-0.4, -0.2) is 42.5 Å². The Bertz CT molecular complexity index is 448. The molecule has 0 spiro atoms. The normalized spacial score (nSPS) is 11.8. The summed E-state index contributed by atoms with van der Waals surface area (Å²) in [6.07, 6.45) is 4.42. The maximum absolute atomic E-state index is 12.1. The van der Waals surface area contributed by atoms with Gasteiger partial charge in [0.25, 0.3) is 0 Å². The predicted molar refractivity (Wildman–Crippen MR) is 89.6 cm³/mol. The van der Waals surface area contributed by atoms with E-state index >= 15 is 0 Å². The quantitative estimate of drug-likeness (QED) is 0.711. The molecule has 5 heteroatoms. The fraction of sp³-hybridized carbons (Fsp3) is 0.438. The van der Waals surface area contributed by atoms with Crippen molar-refractivity contribution in [2.24, 2.45) is 5.73 Å². The number of hydrogen-bond acceptors (Lipinski definition) is 4. The summed E-state index contributed by atoms with van der Waals surface area (Å²) in [5.74, 6) is 1.68. The Balaban J connectivity index is 2.51. The molecule has 0 unspecified atom stereocenters. The second kappa shape index (κ2) is 9.47. The number of nitrogens with zero attached hydrogens (tertiary/aromatic N) is 1. The van der Waals surface area contributed by atoms with Crippen LogP contribution in [-0.2, 0) is 11.3 Å². The van der Waals surface area contributed by atoms with Gasteiger partial charge in [-0.3, -0.25) is 4.79 Å². The molecule has 1 amide bonds. The van der Waals surface area contributed by atoms with Crippen LogP contribution in [0.2, 0.25) is 0 Å².